The number of Topliss-reactive ketones (excluding diaryl/α,β-unsaturated/α-hetero) is 1. The first-order chi connectivity index (χ1) is 7.15. The number of allylic oxidation sites excluding steroid dienone is 4. The average molecular weight is 302 g/mol. The van der Waals surface area contributed by atoms with Crippen LogP contribution in [0.15, 0.2) is 35.8 Å². The molecule has 6 N–H and O–H groups in total. The molecule has 98 valence electrons. The summed E-state index contributed by atoms with van der Waals surface area (Å²) in [5.41, 5.74) is 10.7. The molecule has 1 rings (SSSR count). The molecule has 1 aliphatic rings. The minimum atomic E-state index is -0.197. The summed E-state index contributed by atoms with van der Waals surface area (Å²) < 4.78 is 4.88. The minimum absolute atomic E-state index is 0. The minimum Gasteiger partial charge on any atom is -0.493 e. The largest absolute Gasteiger partial charge is 0.493 e. The Morgan fingerprint density at radius 1 is 1.59 bits per heavy atom. The van der Waals surface area contributed by atoms with E-state index in [0.29, 0.717) is 11.3 Å². The number of carbonyl (C=O) groups is 1. The van der Waals surface area contributed by atoms with Gasteiger partial charge in [-0.1, -0.05) is 6.08 Å². The van der Waals surface area contributed by atoms with Crippen molar-refractivity contribution in [2.24, 2.45) is 5.73 Å². The Hall–Kier alpha value is -1.37. The molecule has 0 fully saturated rings. The Kier molecular flexibility index (Phi) is 9.27. The van der Waals surface area contributed by atoms with E-state index in [0.717, 1.165) is 0 Å². The standard InChI is InChI=1S/C9H11N3O2S.Ni.H2O/c1-14-7-4-2-3-6(8(7)13)5-11-12-9(10)15;;/h2-5,11H,1H3,(H3,10,12,15);;1H2/b6-5-;;. The number of methoxy groups -OCH3 is 1. The number of hydrogen-bond acceptors (Lipinski definition) is 4. The van der Waals surface area contributed by atoms with Gasteiger partial charge in [-0.05, 0) is 24.4 Å². The number of nitrogens with two attached hydrogens (primary N) is 1. The van der Waals surface area contributed by atoms with Crippen LogP contribution in [0.1, 0.15) is 0 Å². The third-order valence-electron chi connectivity index (χ3n) is 1.65. The summed E-state index contributed by atoms with van der Waals surface area (Å²) in [5, 5.41) is 0.0987. The number of thiocarbonyl (C=S) groups is 1. The van der Waals surface area contributed by atoms with E-state index in [-0.39, 0.29) is 32.9 Å². The topological polar surface area (TPSA) is 108 Å². The van der Waals surface area contributed by atoms with Gasteiger partial charge in [0.1, 0.15) is 0 Å². The van der Waals surface area contributed by atoms with Gasteiger partial charge in [-0.3, -0.25) is 10.2 Å². The van der Waals surface area contributed by atoms with Gasteiger partial charge in [-0.2, -0.15) is 0 Å². The first kappa shape index (κ1) is 18.0. The van der Waals surface area contributed by atoms with E-state index in [1.165, 1.54) is 13.3 Å². The maximum Gasteiger partial charge on any atom is 0.229 e. The van der Waals surface area contributed by atoms with Crippen molar-refractivity contribution >= 4 is 23.1 Å². The van der Waals surface area contributed by atoms with E-state index in [9.17, 15) is 4.79 Å². The van der Waals surface area contributed by atoms with Gasteiger partial charge in [-0.15, -0.1) is 0 Å². The van der Waals surface area contributed by atoms with Gasteiger partial charge in [0.25, 0.3) is 0 Å². The van der Waals surface area contributed by atoms with Gasteiger partial charge < -0.3 is 21.4 Å². The molecule has 0 radical (unpaired) electrons. The molecule has 1 aliphatic carbocycles. The maximum absolute atomic E-state index is 11.6. The third kappa shape index (κ3) is 5.49. The van der Waals surface area contributed by atoms with Crippen LogP contribution in [0, 0.1) is 0 Å². The zero-order valence-corrected chi connectivity index (χ0v) is 10.7. The van der Waals surface area contributed by atoms with Crippen molar-refractivity contribution < 1.29 is 31.5 Å². The summed E-state index contributed by atoms with van der Waals surface area (Å²) in [5.74, 6) is 0.0955. The SMILES string of the molecule is COC1=CC=C/C(=C/NNC(N)=S)C1=O.O.[Ni]. The molecular weight excluding hydrogens is 289 g/mol. The molecule has 0 aliphatic heterocycles. The zero-order chi connectivity index (χ0) is 11.3. The van der Waals surface area contributed by atoms with Crippen LogP contribution < -0.4 is 16.6 Å². The van der Waals surface area contributed by atoms with Crippen LogP contribution in [0.2, 0.25) is 0 Å². The van der Waals surface area contributed by atoms with Crippen molar-refractivity contribution in [2.75, 3.05) is 7.11 Å². The summed E-state index contributed by atoms with van der Waals surface area (Å²) in [6.07, 6.45) is 6.43. The molecule has 0 unspecified atom stereocenters. The van der Waals surface area contributed by atoms with Crippen molar-refractivity contribution in [1.82, 2.24) is 10.9 Å². The fraction of sp³-hybridized carbons (Fsp3) is 0.111. The molecule has 0 amide bonds. The number of hydrazine groups is 1. The van der Waals surface area contributed by atoms with E-state index in [1.54, 1.807) is 18.2 Å². The summed E-state index contributed by atoms with van der Waals surface area (Å²) in [6, 6.07) is 0. The van der Waals surface area contributed by atoms with Gasteiger partial charge in [0.15, 0.2) is 10.9 Å². The van der Waals surface area contributed by atoms with E-state index in [1.807, 2.05) is 0 Å². The fourth-order valence-electron chi connectivity index (χ4n) is 0.992. The van der Waals surface area contributed by atoms with Crippen molar-refractivity contribution in [3.05, 3.63) is 35.8 Å². The van der Waals surface area contributed by atoms with E-state index in [2.05, 4.69) is 23.1 Å². The van der Waals surface area contributed by atoms with Gasteiger partial charge in [-0.25, -0.2) is 0 Å². The number of ketones is 1. The summed E-state index contributed by atoms with van der Waals surface area (Å²) in [6.45, 7) is 0. The molecule has 0 bridgehead atoms. The quantitative estimate of drug-likeness (QED) is 0.268. The molecule has 0 aromatic heterocycles. The van der Waals surface area contributed by atoms with Gasteiger partial charge in [0.2, 0.25) is 5.78 Å². The molecule has 0 spiro atoms. The van der Waals surface area contributed by atoms with Gasteiger partial charge >= 0.3 is 0 Å². The number of nitrogens with one attached hydrogen (secondary N) is 2. The third-order valence-corrected chi connectivity index (χ3v) is 1.75. The Bertz CT molecular complexity index is 380. The number of ether oxygens (including phenoxy) is 1. The predicted octanol–water partition coefficient (Wildman–Crippen LogP) is -0.950. The van der Waals surface area contributed by atoms with Gasteiger partial charge in [0, 0.05) is 28.3 Å². The van der Waals surface area contributed by atoms with Crippen LogP contribution in [0.3, 0.4) is 0 Å². The van der Waals surface area contributed by atoms with Crippen LogP contribution in [-0.4, -0.2) is 23.5 Å². The maximum atomic E-state index is 11.6. The van der Waals surface area contributed by atoms with Gasteiger partial charge in [0.05, 0.1) is 7.11 Å². The normalized spacial score (nSPS) is 15.2. The molecule has 0 saturated carbocycles. The van der Waals surface area contributed by atoms with Crippen molar-refractivity contribution in [2.45, 2.75) is 0 Å². The second kappa shape index (κ2) is 8.75. The van der Waals surface area contributed by atoms with Crippen LogP contribution in [0.5, 0.6) is 0 Å². The summed E-state index contributed by atoms with van der Waals surface area (Å²) in [4.78, 5) is 11.6. The molecule has 0 saturated heterocycles. The van der Waals surface area contributed by atoms with Crippen LogP contribution in [-0.2, 0) is 26.0 Å². The summed E-state index contributed by atoms with van der Waals surface area (Å²) in [7, 11) is 1.45. The number of hydrogen-bond donors (Lipinski definition) is 3. The van der Waals surface area contributed by atoms with Crippen LogP contribution in [0.4, 0.5) is 0 Å². The molecule has 0 aromatic rings. The Balaban J connectivity index is 0. The fourth-order valence-corrected chi connectivity index (χ4v) is 1.05. The molecule has 0 aromatic carbocycles. The van der Waals surface area contributed by atoms with Crippen LogP contribution in [0.25, 0.3) is 0 Å². The first-order valence-corrected chi connectivity index (χ1v) is 4.54. The predicted molar refractivity (Wildman–Crippen MR) is 64.0 cm³/mol. The monoisotopic (exact) mass is 301 g/mol. The second-order valence-electron chi connectivity index (χ2n) is 2.66. The Labute approximate surface area is 114 Å². The number of rotatable bonds is 3. The molecular formula is C9H13N3NiO3S. The average Bonchev–Trinajstić information content (AvgIpc) is 2.20. The van der Waals surface area contributed by atoms with Crippen LogP contribution >= 0.6 is 12.2 Å². The smallest absolute Gasteiger partial charge is 0.229 e. The van der Waals surface area contributed by atoms with E-state index < -0.39 is 0 Å². The van der Waals surface area contributed by atoms with Crippen molar-refractivity contribution in [3.8, 4) is 0 Å². The second-order valence-corrected chi connectivity index (χ2v) is 3.10. The van der Waals surface area contributed by atoms with E-state index >= 15 is 0 Å². The Morgan fingerprint density at radius 2 is 2.24 bits per heavy atom. The molecule has 0 atom stereocenters. The number of carbonyl (C=O) groups excluding carboxylic acids is 1. The summed E-state index contributed by atoms with van der Waals surface area (Å²) >= 11 is 4.57. The molecule has 17 heavy (non-hydrogen) atoms. The van der Waals surface area contributed by atoms with Crippen molar-refractivity contribution in [1.29, 1.82) is 0 Å². The molecule has 8 heteroatoms. The molecule has 6 nitrogen and oxygen atoms in total. The first-order valence-electron chi connectivity index (χ1n) is 4.13. The zero-order valence-electron chi connectivity index (χ0n) is 8.93. The van der Waals surface area contributed by atoms with E-state index in [4.69, 9.17) is 10.5 Å². The van der Waals surface area contributed by atoms with Crippen molar-refractivity contribution in [3.63, 3.8) is 0 Å². The molecule has 0 heterocycles. The Morgan fingerprint density at radius 3 is 2.76 bits per heavy atom.